The van der Waals surface area contributed by atoms with Crippen molar-refractivity contribution in [2.24, 2.45) is 0 Å². The van der Waals surface area contributed by atoms with Gasteiger partial charge in [0.25, 0.3) is 0 Å². The van der Waals surface area contributed by atoms with Crippen molar-refractivity contribution in [1.29, 1.82) is 0 Å². The van der Waals surface area contributed by atoms with Gasteiger partial charge in [-0.25, -0.2) is 8.42 Å². The first-order valence-corrected chi connectivity index (χ1v) is 6.52. The molecule has 0 radical (unpaired) electrons. The van der Waals surface area contributed by atoms with E-state index in [4.69, 9.17) is 0 Å². The van der Waals surface area contributed by atoms with Crippen LogP contribution >= 0.6 is 0 Å². The molecule has 1 aromatic carbocycles. The number of rotatable bonds is 3. The number of sulfonamides is 1. The summed E-state index contributed by atoms with van der Waals surface area (Å²) in [6, 6.07) is 3.93. The lowest BCUT2D eigenvalue weighted by atomic mass is 10.2. The Bertz CT molecular complexity index is 503. The lowest BCUT2D eigenvalue weighted by Gasteiger charge is -2.09. The van der Waals surface area contributed by atoms with Crippen LogP contribution in [0.2, 0.25) is 0 Å². The largest absolute Gasteiger partial charge is 0.416 e. The maximum Gasteiger partial charge on any atom is 0.416 e. The number of anilines is 1. The standard InChI is InChI=1S/C10H10F3NO2S/c11-10(12,13)7-1-3-8(4-2-7)14-17(15,16)9-5-6-9/h1-4,9,14H,5-6H2. The van der Waals surface area contributed by atoms with E-state index >= 15 is 0 Å². The van der Waals surface area contributed by atoms with Gasteiger partial charge in [0.2, 0.25) is 10.0 Å². The van der Waals surface area contributed by atoms with E-state index in [0.717, 1.165) is 24.3 Å². The summed E-state index contributed by atoms with van der Waals surface area (Å²) in [6.07, 6.45) is -3.19. The minimum atomic E-state index is -4.41. The van der Waals surface area contributed by atoms with Gasteiger partial charge in [0.1, 0.15) is 0 Å². The highest BCUT2D eigenvalue weighted by Gasteiger charge is 2.36. The van der Waals surface area contributed by atoms with Gasteiger partial charge in [0.15, 0.2) is 0 Å². The van der Waals surface area contributed by atoms with Gasteiger partial charge in [0, 0.05) is 5.69 Å². The zero-order valence-corrected chi connectivity index (χ0v) is 9.48. The molecule has 1 fully saturated rings. The Morgan fingerprint density at radius 2 is 1.65 bits per heavy atom. The summed E-state index contributed by atoms with van der Waals surface area (Å²) in [5.41, 5.74) is -0.642. The summed E-state index contributed by atoms with van der Waals surface area (Å²) in [5.74, 6) is 0. The van der Waals surface area contributed by atoms with Crippen LogP contribution < -0.4 is 4.72 Å². The lowest BCUT2D eigenvalue weighted by Crippen LogP contribution is -2.17. The first-order valence-electron chi connectivity index (χ1n) is 4.98. The van der Waals surface area contributed by atoms with Crippen LogP contribution in [-0.4, -0.2) is 13.7 Å². The Morgan fingerprint density at radius 3 is 2.06 bits per heavy atom. The van der Waals surface area contributed by atoms with Crippen LogP contribution in [0.25, 0.3) is 0 Å². The maximum absolute atomic E-state index is 12.3. The minimum Gasteiger partial charge on any atom is -0.283 e. The minimum absolute atomic E-state index is 0.157. The van der Waals surface area contributed by atoms with E-state index in [2.05, 4.69) is 4.72 Å². The monoisotopic (exact) mass is 265 g/mol. The predicted octanol–water partition coefficient (Wildman–Crippen LogP) is 2.61. The number of alkyl halides is 3. The first-order chi connectivity index (χ1) is 7.79. The molecule has 0 saturated heterocycles. The molecule has 1 saturated carbocycles. The molecule has 3 nitrogen and oxygen atoms in total. The normalized spacial score (nSPS) is 16.9. The summed E-state index contributed by atoms with van der Waals surface area (Å²) in [6.45, 7) is 0. The van der Waals surface area contributed by atoms with Gasteiger partial charge in [0.05, 0.1) is 10.8 Å². The third-order valence-electron chi connectivity index (χ3n) is 2.44. The molecule has 0 unspecified atom stereocenters. The van der Waals surface area contributed by atoms with Gasteiger partial charge in [-0.3, -0.25) is 4.72 Å². The molecular weight excluding hydrogens is 255 g/mol. The summed E-state index contributed by atoms with van der Waals surface area (Å²) in [7, 11) is -3.42. The summed E-state index contributed by atoms with van der Waals surface area (Å²) in [5, 5.41) is -0.398. The first kappa shape index (κ1) is 12.2. The molecule has 0 bridgehead atoms. The van der Waals surface area contributed by atoms with Crippen molar-refractivity contribution in [3.05, 3.63) is 29.8 Å². The van der Waals surface area contributed by atoms with Crippen molar-refractivity contribution in [3.63, 3.8) is 0 Å². The zero-order valence-electron chi connectivity index (χ0n) is 8.66. The second-order valence-corrected chi connectivity index (χ2v) is 5.88. The number of hydrogen-bond acceptors (Lipinski definition) is 2. The van der Waals surface area contributed by atoms with E-state index in [1.165, 1.54) is 0 Å². The average Bonchev–Trinajstić information content (AvgIpc) is 2.99. The van der Waals surface area contributed by atoms with E-state index in [-0.39, 0.29) is 5.69 Å². The van der Waals surface area contributed by atoms with Crippen LogP contribution in [0.3, 0.4) is 0 Å². The van der Waals surface area contributed by atoms with Crippen molar-refractivity contribution < 1.29 is 21.6 Å². The second kappa shape index (κ2) is 3.90. The average molecular weight is 265 g/mol. The SMILES string of the molecule is O=S(=O)(Nc1ccc(C(F)(F)F)cc1)C1CC1. The van der Waals surface area contributed by atoms with Gasteiger partial charge in [-0.2, -0.15) is 13.2 Å². The van der Waals surface area contributed by atoms with Crippen molar-refractivity contribution >= 4 is 15.7 Å². The van der Waals surface area contributed by atoms with Crippen molar-refractivity contribution in [3.8, 4) is 0 Å². The van der Waals surface area contributed by atoms with Crippen LogP contribution in [0.5, 0.6) is 0 Å². The van der Waals surface area contributed by atoms with Gasteiger partial charge in [-0.1, -0.05) is 0 Å². The Balaban J connectivity index is 2.14. The van der Waals surface area contributed by atoms with Gasteiger partial charge < -0.3 is 0 Å². The van der Waals surface area contributed by atoms with Crippen LogP contribution in [-0.2, 0) is 16.2 Å². The molecule has 1 aliphatic rings. The molecular formula is C10H10F3NO2S. The van der Waals surface area contributed by atoms with E-state index in [1.807, 2.05) is 0 Å². The Labute approximate surface area is 96.7 Å². The topological polar surface area (TPSA) is 46.2 Å². The maximum atomic E-state index is 12.3. The van der Waals surface area contributed by atoms with Gasteiger partial charge in [-0.15, -0.1) is 0 Å². The van der Waals surface area contributed by atoms with E-state index in [0.29, 0.717) is 12.8 Å². The number of nitrogens with one attached hydrogen (secondary N) is 1. The van der Waals surface area contributed by atoms with Crippen LogP contribution in [0, 0.1) is 0 Å². The third kappa shape index (κ3) is 2.91. The number of hydrogen-bond donors (Lipinski definition) is 1. The fourth-order valence-electron chi connectivity index (χ4n) is 1.35. The van der Waals surface area contributed by atoms with E-state index < -0.39 is 27.0 Å². The Morgan fingerprint density at radius 1 is 1.12 bits per heavy atom. The lowest BCUT2D eigenvalue weighted by molar-refractivity contribution is -0.137. The second-order valence-electron chi connectivity index (χ2n) is 3.92. The quantitative estimate of drug-likeness (QED) is 0.913. The fourth-order valence-corrected chi connectivity index (χ4v) is 2.74. The highest BCUT2D eigenvalue weighted by atomic mass is 32.2. The van der Waals surface area contributed by atoms with E-state index in [1.54, 1.807) is 0 Å². The molecule has 7 heteroatoms. The van der Waals surface area contributed by atoms with Gasteiger partial charge >= 0.3 is 6.18 Å². The summed E-state index contributed by atoms with van der Waals surface area (Å²) < 4.78 is 62.1. The molecule has 1 N–H and O–H groups in total. The Kier molecular flexibility index (Phi) is 2.81. The van der Waals surface area contributed by atoms with Crippen LogP contribution in [0.15, 0.2) is 24.3 Å². The van der Waals surface area contributed by atoms with Crippen molar-refractivity contribution in [2.75, 3.05) is 4.72 Å². The highest BCUT2D eigenvalue weighted by molar-refractivity contribution is 7.93. The van der Waals surface area contributed by atoms with E-state index in [9.17, 15) is 21.6 Å². The molecule has 0 spiro atoms. The van der Waals surface area contributed by atoms with Crippen LogP contribution in [0.1, 0.15) is 18.4 Å². The third-order valence-corrected chi connectivity index (χ3v) is 4.30. The van der Waals surface area contributed by atoms with Gasteiger partial charge in [-0.05, 0) is 37.1 Å². The molecule has 0 heterocycles. The van der Waals surface area contributed by atoms with Crippen molar-refractivity contribution in [1.82, 2.24) is 0 Å². The predicted molar refractivity (Wildman–Crippen MR) is 57.0 cm³/mol. The number of benzene rings is 1. The fraction of sp³-hybridized carbons (Fsp3) is 0.400. The van der Waals surface area contributed by atoms with Crippen LogP contribution in [0.4, 0.5) is 18.9 Å². The molecule has 0 amide bonds. The molecule has 0 atom stereocenters. The molecule has 0 aromatic heterocycles. The highest BCUT2D eigenvalue weighted by Crippen LogP contribution is 2.32. The molecule has 1 aliphatic carbocycles. The molecule has 94 valence electrons. The Hall–Kier alpha value is -1.24. The molecule has 2 rings (SSSR count). The molecule has 0 aliphatic heterocycles. The molecule has 17 heavy (non-hydrogen) atoms. The zero-order chi connectivity index (χ0) is 12.7. The summed E-state index contributed by atoms with van der Waals surface area (Å²) in [4.78, 5) is 0. The summed E-state index contributed by atoms with van der Waals surface area (Å²) >= 11 is 0. The molecule has 1 aromatic rings. The number of halogens is 3. The smallest absolute Gasteiger partial charge is 0.283 e. The van der Waals surface area contributed by atoms with Crippen molar-refractivity contribution in [2.45, 2.75) is 24.3 Å².